The lowest BCUT2D eigenvalue weighted by atomic mass is 9.87. The number of hydrogen-bond donors (Lipinski definition) is 2. The average Bonchev–Trinajstić information content (AvgIpc) is 2.85. The molecule has 1 aromatic rings. The molecule has 0 spiro atoms. The van der Waals surface area contributed by atoms with E-state index in [0.29, 0.717) is 25.8 Å². The minimum Gasteiger partial charge on any atom is -0.481 e. The topological polar surface area (TPSA) is 86.7 Å². The van der Waals surface area contributed by atoms with E-state index in [-0.39, 0.29) is 24.7 Å². The van der Waals surface area contributed by atoms with Crippen LogP contribution in [0.5, 0.6) is 0 Å². The van der Waals surface area contributed by atoms with Crippen molar-refractivity contribution in [3.8, 4) is 0 Å². The molecule has 124 valence electrons. The first-order valence-electron chi connectivity index (χ1n) is 7.81. The fraction of sp³-hybridized carbons (Fsp3) is 0.471. The molecule has 6 heteroatoms. The predicted molar refractivity (Wildman–Crippen MR) is 84.4 cm³/mol. The molecule has 0 bridgehead atoms. The number of benzene rings is 1. The number of carboxylic acids is 1. The van der Waals surface area contributed by atoms with Crippen LogP contribution in [0, 0.1) is 5.92 Å². The van der Waals surface area contributed by atoms with Gasteiger partial charge in [-0.15, -0.1) is 0 Å². The van der Waals surface area contributed by atoms with Crippen molar-refractivity contribution in [2.24, 2.45) is 5.92 Å². The van der Waals surface area contributed by atoms with Gasteiger partial charge < -0.3 is 15.3 Å². The highest BCUT2D eigenvalue weighted by atomic mass is 16.4. The third kappa shape index (κ3) is 3.52. The van der Waals surface area contributed by atoms with Gasteiger partial charge in [0.15, 0.2) is 0 Å². The first-order chi connectivity index (χ1) is 11.0. The third-order valence-corrected chi connectivity index (χ3v) is 4.58. The zero-order chi connectivity index (χ0) is 16.9. The number of carbonyl (C=O) groups excluding carboxylic acids is 2. The van der Waals surface area contributed by atoms with Gasteiger partial charge in [0.05, 0.1) is 12.8 Å². The normalized spacial score (nSPS) is 23.5. The van der Waals surface area contributed by atoms with Crippen molar-refractivity contribution in [2.45, 2.75) is 38.3 Å². The minimum atomic E-state index is -1.13. The number of carbonyl (C=O) groups is 3. The second-order valence-corrected chi connectivity index (χ2v) is 5.86. The first kappa shape index (κ1) is 17.0. The van der Waals surface area contributed by atoms with Crippen LogP contribution < -0.4 is 5.32 Å². The Hall–Kier alpha value is -2.37. The van der Waals surface area contributed by atoms with Crippen molar-refractivity contribution in [3.05, 3.63) is 35.9 Å². The molecule has 6 nitrogen and oxygen atoms in total. The van der Waals surface area contributed by atoms with Gasteiger partial charge >= 0.3 is 5.97 Å². The van der Waals surface area contributed by atoms with Crippen molar-refractivity contribution in [3.63, 3.8) is 0 Å². The van der Waals surface area contributed by atoms with Crippen LogP contribution in [0.15, 0.2) is 30.3 Å². The van der Waals surface area contributed by atoms with Crippen molar-refractivity contribution in [2.75, 3.05) is 6.54 Å². The second-order valence-electron chi connectivity index (χ2n) is 5.86. The summed E-state index contributed by atoms with van der Waals surface area (Å²) in [5.74, 6) is -1.26. The van der Waals surface area contributed by atoms with Crippen LogP contribution in [0.1, 0.15) is 31.7 Å². The van der Waals surface area contributed by atoms with Crippen LogP contribution >= 0.6 is 0 Å². The maximum Gasteiger partial charge on any atom is 0.307 e. The van der Waals surface area contributed by atoms with Crippen LogP contribution in [-0.4, -0.2) is 40.5 Å². The van der Waals surface area contributed by atoms with Crippen molar-refractivity contribution < 1.29 is 19.5 Å². The highest BCUT2D eigenvalue weighted by Crippen LogP contribution is 2.38. The van der Waals surface area contributed by atoms with Crippen LogP contribution in [0.3, 0.4) is 0 Å². The van der Waals surface area contributed by atoms with E-state index < -0.39 is 11.6 Å². The molecule has 1 aliphatic rings. The Morgan fingerprint density at radius 2 is 2.09 bits per heavy atom. The molecule has 0 saturated carbocycles. The minimum absolute atomic E-state index is 0.0662. The van der Waals surface area contributed by atoms with Crippen LogP contribution in [0.4, 0.5) is 0 Å². The quantitative estimate of drug-likeness (QED) is 0.744. The van der Waals surface area contributed by atoms with Gasteiger partial charge in [0.25, 0.3) is 0 Å². The van der Waals surface area contributed by atoms with Crippen LogP contribution in [0.25, 0.3) is 0 Å². The molecule has 0 aliphatic carbocycles. The second kappa shape index (κ2) is 7.26. The van der Waals surface area contributed by atoms with Gasteiger partial charge in [0, 0.05) is 12.5 Å². The Balaban J connectivity index is 2.28. The molecule has 2 N–H and O–H groups in total. The summed E-state index contributed by atoms with van der Waals surface area (Å²) in [6.07, 6.45) is 1.79. The molecule has 2 amide bonds. The van der Waals surface area contributed by atoms with Crippen molar-refractivity contribution >= 4 is 18.3 Å². The van der Waals surface area contributed by atoms with E-state index in [4.69, 9.17) is 0 Å². The fourth-order valence-electron chi connectivity index (χ4n) is 3.52. The van der Waals surface area contributed by atoms with Gasteiger partial charge in [0.2, 0.25) is 12.3 Å². The molecule has 23 heavy (non-hydrogen) atoms. The molecule has 0 aromatic heterocycles. The largest absolute Gasteiger partial charge is 0.481 e. The highest BCUT2D eigenvalue weighted by Gasteiger charge is 2.51. The lowest BCUT2D eigenvalue weighted by molar-refractivity contribution is -0.147. The van der Waals surface area contributed by atoms with Gasteiger partial charge in [-0.05, 0) is 18.4 Å². The smallest absolute Gasteiger partial charge is 0.307 e. The number of aliphatic carboxylic acids is 1. The van der Waals surface area contributed by atoms with E-state index in [1.165, 1.54) is 4.90 Å². The Bertz CT molecular complexity index is 575. The summed E-state index contributed by atoms with van der Waals surface area (Å²) in [4.78, 5) is 36.7. The molecule has 1 unspecified atom stereocenters. The lowest BCUT2D eigenvalue weighted by Crippen LogP contribution is -2.61. The summed E-state index contributed by atoms with van der Waals surface area (Å²) in [7, 11) is 0. The third-order valence-electron chi connectivity index (χ3n) is 4.58. The maximum absolute atomic E-state index is 12.7. The van der Waals surface area contributed by atoms with E-state index in [1.54, 1.807) is 0 Å². The Kier molecular flexibility index (Phi) is 5.36. The zero-order valence-electron chi connectivity index (χ0n) is 13.2. The van der Waals surface area contributed by atoms with Gasteiger partial charge in [-0.25, -0.2) is 0 Å². The summed E-state index contributed by atoms with van der Waals surface area (Å²) >= 11 is 0. The molecular weight excluding hydrogens is 296 g/mol. The standard InChI is InChI=1S/C17H22N2O4/c1-2-14-8-9-19(17(14,18-12-20)11-16(22)23)15(21)10-13-6-4-3-5-7-13/h3-7,12,14H,2,8-11H2,1H3,(H,18,20)(H,22,23)/t14?,17-/m0/s1. The molecule has 1 heterocycles. The number of hydrogen-bond acceptors (Lipinski definition) is 3. The van der Waals surface area contributed by atoms with E-state index >= 15 is 0 Å². The monoisotopic (exact) mass is 318 g/mol. The maximum atomic E-state index is 12.7. The molecule has 0 radical (unpaired) electrons. The SMILES string of the molecule is CCC1CCN(C(=O)Cc2ccccc2)[C@]1(CC(=O)O)NC=O. The summed E-state index contributed by atoms with van der Waals surface area (Å²) in [6, 6.07) is 9.31. The van der Waals surface area contributed by atoms with Crippen LogP contribution in [-0.2, 0) is 20.8 Å². The Morgan fingerprint density at radius 1 is 1.39 bits per heavy atom. The van der Waals surface area contributed by atoms with Gasteiger partial charge in [-0.2, -0.15) is 0 Å². The molecule has 2 atom stereocenters. The molecule has 1 fully saturated rings. The number of amides is 2. The highest BCUT2D eigenvalue weighted by molar-refractivity contribution is 5.81. The number of carboxylic acid groups (broad SMARTS) is 1. The average molecular weight is 318 g/mol. The Labute approximate surface area is 135 Å². The van der Waals surface area contributed by atoms with E-state index in [2.05, 4.69) is 5.32 Å². The van der Waals surface area contributed by atoms with Crippen LogP contribution in [0.2, 0.25) is 0 Å². The molecule has 1 aliphatic heterocycles. The first-order valence-corrected chi connectivity index (χ1v) is 7.81. The summed E-state index contributed by atoms with van der Waals surface area (Å²) in [5, 5.41) is 11.9. The van der Waals surface area contributed by atoms with Crippen molar-refractivity contribution in [1.82, 2.24) is 10.2 Å². The van der Waals surface area contributed by atoms with Crippen molar-refractivity contribution in [1.29, 1.82) is 0 Å². The number of nitrogens with one attached hydrogen (secondary N) is 1. The van der Waals surface area contributed by atoms with Gasteiger partial charge in [-0.3, -0.25) is 14.4 Å². The lowest BCUT2D eigenvalue weighted by Gasteiger charge is -2.41. The summed E-state index contributed by atoms with van der Waals surface area (Å²) in [5.41, 5.74) is -0.262. The molecule has 1 saturated heterocycles. The molecule has 1 aromatic carbocycles. The zero-order valence-corrected chi connectivity index (χ0v) is 13.2. The fourth-order valence-corrected chi connectivity index (χ4v) is 3.52. The predicted octanol–water partition coefficient (Wildman–Crippen LogP) is 1.40. The molecular formula is C17H22N2O4. The van der Waals surface area contributed by atoms with Gasteiger partial charge in [0.1, 0.15) is 5.66 Å². The van der Waals surface area contributed by atoms with E-state index in [9.17, 15) is 19.5 Å². The Morgan fingerprint density at radius 3 is 2.65 bits per heavy atom. The van der Waals surface area contributed by atoms with E-state index in [0.717, 1.165) is 5.56 Å². The van der Waals surface area contributed by atoms with Gasteiger partial charge in [-0.1, -0.05) is 37.3 Å². The molecule has 2 rings (SSSR count). The number of likely N-dealkylation sites (tertiary alicyclic amines) is 1. The summed E-state index contributed by atoms with van der Waals surface area (Å²) in [6.45, 7) is 2.40. The summed E-state index contributed by atoms with van der Waals surface area (Å²) < 4.78 is 0. The number of nitrogens with zero attached hydrogens (tertiary/aromatic N) is 1. The van der Waals surface area contributed by atoms with E-state index in [1.807, 2.05) is 37.3 Å². The number of rotatable bonds is 7.